The van der Waals surface area contributed by atoms with Gasteiger partial charge in [-0.15, -0.1) is 0 Å². The summed E-state index contributed by atoms with van der Waals surface area (Å²) in [6, 6.07) is 5.39. The Balaban J connectivity index is 1.78. The number of benzene rings is 1. The average molecular weight is 369 g/mol. The Morgan fingerprint density at radius 3 is 2.35 bits per heavy atom. The van der Waals surface area contributed by atoms with E-state index >= 15 is 0 Å². The number of nitriles is 1. The van der Waals surface area contributed by atoms with Crippen molar-refractivity contribution in [2.75, 3.05) is 0 Å². The number of allylic oxidation sites excluding steroid dienone is 2. The molecule has 0 unspecified atom stereocenters. The van der Waals surface area contributed by atoms with Crippen molar-refractivity contribution in [3.8, 4) is 6.07 Å². The Kier molecular flexibility index (Phi) is 6.78. The Hall–Kier alpha value is -2.36. The smallest absolute Gasteiger partial charge is 0.416 e. The number of nitrogens with zero attached hydrogens (tertiary/aromatic N) is 1. The summed E-state index contributed by atoms with van der Waals surface area (Å²) in [4.78, 5) is 12.1. The van der Waals surface area contributed by atoms with Gasteiger partial charge in [-0.3, -0.25) is 0 Å². The van der Waals surface area contributed by atoms with Crippen LogP contribution in [0, 0.1) is 17.2 Å². The zero-order valence-corrected chi connectivity index (χ0v) is 14.1. The van der Waals surface area contributed by atoms with Crippen molar-refractivity contribution < 1.29 is 27.1 Å². The molecule has 1 saturated carbocycles. The number of halogens is 4. The molecule has 1 aromatic carbocycles. The number of carbonyl (C=O) groups excluding carboxylic acids is 1. The molecule has 0 spiro atoms. The van der Waals surface area contributed by atoms with Gasteiger partial charge in [0, 0.05) is 0 Å². The number of hydrogen-bond donors (Lipinski definition) is 0. The third-order valence-electron chi connectivity index (χ3n) is 4.52. The molecule has 0 saturated heterocycles. The van der Waals surface area contributed by atoms with Crippen LogP contribution in [0.15, 0.2) is 36.2 Å². The van der Waals surface area contributed by atoms with Crippen molar-refractivity contribution in [3.05, 3.63) is 47.3 Å². The Morgan fingerprint density at radius 2 is 1.81 bits per heavy atom. The molecule has 1 aliphatic carbocycles. The monoisotopic (exact) mass is 369 g/mol. The minimum absolute atomic E-state index is 0.0947. The summed E-state index contributed by atoms with van der Waals surface area (Å²) in [5.41, 5.74) is -0.714. The van der Waals surface area contributed by atoms with Crippen LogP contribution >= 0.6 is 0 Å². The van der Waals surface area contributed by atoms with Gasteiger partial charge in [0.25, 0.3) is 0 Å². The van der Waals surface area contributed by atoms with E-state index in [1.807, 2.05) is 0 Å². The van der Waals surface area contributed by atoms with E-state index < -0.39 is 23.5 Å². The maximum absolute atomic E-state index is 12.7. The van der Waals surface area contributed by atoms with Crippen LogP contribution in [0.5, 0.6) is 0 Å². The van der Waals surface area contributed by atoms with Crippen LogP contribution in [0.4, 0.5) is 17.6 Å². The molecule has 0 heterocycles. The summed E-state index contributed by atoms with van der Waals surface area (Å²) in [5, 5.41) is 8.34. The second-order valence-corrected chi connectivity index (χ2v) is 6.36. The molecule has 1 aromatic rings. The lowest BCUT2D eigenvalue weighted by Crippen LogP contribution is -2.24. The fraction of sp³-hybridized carbons (Fsp3) is 0.474. The normalized spacial score (nSPS) is 21.1. The lowest BCUT2D eigenvalue weighted by Gasteiger charge is -2.28. The zero-order chi connectivity index (χ0) is 19.2. The molecule has 0 amide bonds. The van der Waals surface area contributed by atoms with Gasteiger partial charge in [-0.05, 0) is 74.8 Å². The number of ether oxygens (including phenoxy) is 1. The first kappa shape index (κ1) is 20.0. The maximum Gasteiger partial charge on any atom is 0.416 e. The van der Waals surface area contributed by atoms with Gasteiger partial charge in [-0.25, -0.2) is 4.79 Å². The Bertz CT molecular complexity index is 681. The summed E-state index contributed by atoms with van der Waals surface area (Å²) in [5.74, 6) is -1.01. The van der Waals surface area contributed by atoms with E-state index in [0.717, 1.165) is 43.5 Å². The minimum atomic E-state index is -4.44. The van der Waals surface area contributed by atoms with Crippen molar-refractivity contribution in [3.63, 3.8) is 0 Å². The average Bonchev–Trinajstić information content (AvgIpc) is 2.62. The fourth-order valence-corrected chi connectivity index (χ4v) is 3.04. The molecular formula is C19H19F4NO2. The second-order valence-electron chi connectivity index (χ2n) is 6.36. The van der Waals surface area contributed by atoms with Crippen LogP contribution in [0.25, 0.3) is 0 Å². The second kappa shape index (κ2) is 8.84. The van der Waals surface area contributed by atoms with Crippen molar-refractivity contribution in [1.29, 1.82) is 5.26 Å². The predicted octanol–water partition coefficient (Wildman–Crippen LogP) is 5.58. The minimum Gasteiger partial charge on any atom is -0.459 e. The van der Waals surface area contributed by atoms with Crippen LogP contribution < -0.4 is 0 Å². The van der Waals surface area contributed by atoms with Gasteiger partial charge in [0.1, 0.15) is 12.2 Å². The quantitative estimate of drug-likeness (QED) is 0.387. The molecule has 0 radical (unpaired) electrons. The number of rotatable bonds is 5. The highest BCUT2D eigenvalue weighted by Crippen LogP contribution is 2.31. The first-order chi connectivity index (χ1) is 12.3. The van der Waals surface area contributed by atoms with Gasteiger partial charge in [0.15, 0.2) is 5.83 Å². The van der Waals surface area contributed by atoms with E-state index in [-0.39, 0.29) is 11.7 Å². The highest BCUT2D eigenvalue weighted by Gasteiger charge is 2.30. The summed E-state index contributed by atoms with van der Waals surface area (Å²) < 4.78 is 55.7. The molecule has 0 aromatic heterocycles. The van der Waals surface area contributed by atoms with Gasteiger partial charge >= 0.3 is 12.1 Å². The summed E-state index contributed by atoms with van der Waals surface area (Å²) in [6.45, 7) is 0. The molecule has 1 aliphatic rings. The number of esters is 1. The van der Waals surface area contributed by atoms with Crippen LogP contribution in [0.3, 0.4) is 0 Å². The molecule has 140 valence electrons. The molecule has 26 heavy (non-hydrogen) atoms. The summed E-state index contributed by atoms with van der Waals surface area (Å²) in [6.07, 6.45) is 0.841. The molecule has 0 N–H and O–H groups in total. The molecular weight excluding hydrogens is 350 g/mol. The van der Waals surface area contributed by atoms with Gasteiger partial charge in [-0.2, -0.15) is 22.8 Å². The van der Waals surface area contributed by atoms with Crippen molar-refractivity contribution >= 4 is 5.97 Å². The van der Waals surface area contributed by atoms with Crippen molar-refractivity contribution in [2.45, 2.75) is 50.8 Å². The molecule has 0 bridgehead atoms. The van der Waals surface area contributed by atoms with Crippen LogP contribution in [0.1, 0.15) is 54.4 Å². The van der Waals surface area contributed by atoms with E-state index in [0.29, 0.717) is 25.2 Å². The van der Waals surface area contributed by atoms with E-state index in [2.05, 4.69) is 0 Å². The van der Waals surface area contributed by atoms with Crippen molar-refractivity contribution in [2.24, 2.45) is 5.92 Å². The SMILES string of the molecule is N#CC(F)=CCC[C@H]1CC[C@H](OC(=O)c2ccc(C(F)(F)F)cc2)CC1. The lowest BCUT2D eigenvalue weighted by atomic mass is 9.84. The highest BCUT2D eigenvalue weighted by atomic mass is 19.4. The standard InChI is InChI=1S/C19H19F4NO2/c20-16(12-24)3-1-2-13-4-10-17(11-5-13)26-18(25)14-6-8-15(9-7-14)19(21,22)23/h3,6-9,13,17H,1-2,4-5,10-11H2/t13-,17-. The van der Waals surface area contributed by atoms with Gasteiger partial charge in [-0.1, -0.05) is 0 Å². The molecule has 0 atom stereocenters. The fourth-order valence-electron chi connectivity index (χ4n) is 3.04. The topological polar surface area (TPSA) is 50.1 Å². The zero-order valence-electron chi connectivity index (χ0n) is 14.1. The van der Waals surface area contributed by atoms with E-state index in [9.17, 15) is 22.4 Å². The molecule has 0 aliphatic heterocycles. The van der Waals surface area contributed by atoms with Gasteiger partial charge in [0.05, 0.1) is 11.1 Å². The maximum atomic E-state index is 12.7. The van der Waals surface area contributed by atoms with Crippen molar-refractivity contribution in [1.82, 2.24) is 0 Å². The van der Waals surface area contributed by atoms with Gasteiger partial charge in [0.2, 0.25) is 0 Å². The van der Waals surface area contributed by atoms with Crippen LogP contribution in [-0.4, -0.2) is 12.1 Å². The summed E-state index contributed by atoms with van der Waals surface area (Å²) >= 11 is 0. The first-order valence-electron chi connectivity index (χ1n) is 8.43. The molecule has 7 heteroatoms. The highest BCUT2D eigenvalue weighted by molar-refractivity contribution is 5.89. The Morgan fingerprint density at radius 1 is 1.19 bits per heavy atom. The molecule has 3 nitrogen and oxygen atoms in total. The van der Waals surface area contributed by atoms with Crippen LogP contribution in [0.2, 0.25) is 0 Å². The third kappa shape index (κ3) is 5.87. The summed E-state index contributed by atoms with van der Waals surface area (Å²) in [7, 11) is 0. The largest absolute Gasteiger partial charge is 0.459 e. The first-order valence-corrected chi connectivity index (χ1v) is 8.43. The predicted molar refractivity (Wildman–Crippen MR) is 86.6 cm³/mol. The molecule has 2 rings (SSSR count). The number of hydrogen-bond acceptors (Lipinski definition) is 3. The number of alkyl halides is 3. The van der Waals surface area contributed by atoms with Crippen LogP contribution in [-0.2, 0) is 10.9 Å². The van der Waals surface area contributed by atoms with E-state index in [1.54, 1.807) is 0 Å². The van der Waals surface area contributed by atoms with Gasteiger partial charge < -0.3 is 4.74 Å². The third-order valence-corrected chi connectivity index (χ3v) is 4.52. The lowest BCUT2D eigenvalue weighted by molar-refractivity contribution is -0.137. The molecule has 1 fully saturated rings. The van der Waals surface area contributed by atoms with E-state index in [4.69, 9.17) is 10.00 Å². The Labute approximate surface area is 149 Å². The number of carbonyl (C=O) groups is 1. The van der Waals surface area contributed by atoms with E-state index in [1.165, 1.54) is 12.1 Å².